The van der Waals surface area contributed by atoms with Gasteiger partial charge in [-0.05, 0) is 50.8 Å². The molecule has 26 heavy (non-hydrogen) atoms. The molecule has 1 rings (SSSR count). The van der Waals surface area contributed by atoms with Crippen molar-refractivity contribution in [2.24, 2.45) is 5.73 Å². The lowest BCUT2D eigenvalue weighted by atomic mass is 9.90. The third-order valence-corrected chi connectivity index (χ3v) is 5.21. The first-order chi connectivity index (χ1) is 12.1. The van der Waals surface area contributed by atoms with Crippen molar-refractivity contribution >= 4 is 7.82 Å². The molecule has 1 aromatic carbocycles. The molecule has 0 radical (unpaired) electrons. The van der Waals surface area contributed by atoms with Gasteiger partial charge in [-0.1, -0.05) is 44.7 Å². The van der Waals surface area contributed by atoms with Crippen LogP contribution in [-0.4, -0.2) is 28.0 Å². The molecule has 0 saturated carbocycles. The second-order valence-electron chi connectivity index (χ2n) is 7.15. The van der Waals surface area contributed by atoms with Crippen LogP contribution in [0.1, 0.15) is 64.9 Å². The monoisotopic (exact) mass is 387 g/mol. The highest BCUT2D eigenvalue weighted by molar-refractivity contribution is 7.46. The standard InChI is InChI=1S/C19H34NO5P/c1-4-5-6-7-8-15-24-18-11-9-17(10-12-18)13-14-19(3,20)16(2)25-26(21,22)23/h9-12,16H,4-8,13-15,20H2,1-3H3,(H2,21,22,23)/t16-,19+/m1/s1. The van der Waals surface area contributed by atoms with Crippen LogP contribution < -0.4 is 10.5 Å². The average molecular weight is 387 g/mol. The minimum Gasteiger partial charge on any atom is -0.494 e. The second kappa shape index (κ2) is 11.1. The van der Waals surface area contributed by atoms with Crippen LogP contribution in [0.25, 0.3) is 0 Å². The molecule has 6 nitrogen and oxygen atoms in total. The molecule has 0 fully saturated rings. The summed E-state index contributed by atoms with van der Waals surface area (Å²) in [7, 11) is -4.54. The van der Waals surface area contributed by atoms with Gasteiger partial charge in [0.15, 0.2) is 0 Å². The summed E-state index contributed by atoms with van der Waals surface area (Å²) in [5.41, 5.74) is 6.43. The van der Waals surface area contributed by atoms with Crippen LogP contribution in [0.15, 0.2) is 24.3 Å². The van der Waals surface area contributed by atoms with Gasteiger partial charge in [-0.3, -0.25) is 4.52 Å². The van der Waals surface area contributed by atoms with E-state index in [1.165, 1.54) is 25.7 Å². The zero-order valence-electron chi connectivity index (χ0n) is 16.2. The van der Waals surface area contributed by atoms with E-state index < -0.39 is 19.5 Å². The van der Waals surface area contributed by atoms with Gasteiger partial charge in [0.1, 0.15) is 5.75 Å². The topological polar surface area (TPSA) is 102 Å². The van der Waals surface area contributed by atoms with Gasteiger partial charge in [0.25, 0.3) is 0 Å². The highest BCUT2D eigenvalue weighted by Gasteiger charge is 2.32. The van der Waals surface area contributed by atoms with E-state index >= 15 is 0 Å². The molecular weight excluding hydrogens is 353 g/mol. The van der Waals surface area contributed by atoms with Crippen molar-refractivity contribution in [3.63, 3.8) is 0 Å². The normalized spacial score (nSPS) is 15.5. The third-order valence-electron chi connectivity index (χ3n) is 4.62. The smallest absolute Gasteiger partial charge is 0.469 e. The van der Waals surface area contributed by atoms with Crippen molar-refractivity contribution in [3.05, 3.63) is 29.8 Å². The molecule has 0 unspecified atom stereocenters. The number of ether oxygens (including phenoxy) is 1. The molecule has 150 valence electrons. The van der Waals surface area contributed by atoms with E-state index in [0.29, 0.717) is 12.8 Å². The van der Waals surface area contributed by atoms with E-state index in [1.807, 2.05) is 24.3 Å². The number of phosphoric acid groups is 1. The number of benzene rings is 1. The predicted octanol–water partition coefficient (Wildman–Crippen LogP) is 4.18. The Morgan fingerprint density at radius 1 is 1.15 bits per heavy atom. The minimum atomic E-state index is -4.54. The van der Waals surface area contributed by atoms with E-state index in [-0.39, 0.29) is 0 Å². The fraction of sp³-hybridized carbons (Fsp3) is 0.684. The Labute approximate surface area is 157 Å². The molecule has 0 aliphatic heterocycles. The Morgan fingerprint density at radius 2 is 1.77 bits per heavy atom. The highest BCUT2D eigenvalue weighted by atomic mass is 31.2. The fourth-order valence-corrected chi connectivity index (χ4v) is 3.24. The summed E-state index contributed by atoms with van der Waals surface area (Å²) in [5, 5.41) is 0. The largest absolute Gasteiger partial charge is 0.494 e. The number of hydrogen-bond donors (Lipinski definition) is 3. The third kappa shape index (κ3) is 9.70. The van der Waals surface area contributed by atoms with Gasteiger partial charge in [0.05, 0.1) is 12.7 Å². The van der Waals surface area contributed by atoms with Crippen molar-refractivity contribution in [1.29, 1.82) is 0 Å². The molecule has 0 amide bonds. The first-order valence-corrected chi connectivity index (χ1v) is 10.9. The molecule has 0 aliphatic carbocycles. The SMILES string of the molecule is CCCCCCCOc1ccc(CC[C@](C)(N)[C@@H](C)OP(=O)(O)O)cc1. The van der Waals surface area contributed by atoms with Gasteiger partial charge >= 0.3 is 7.82 Å². The summed E-state index contributed by atoms with van der Waals surface area (Å²) in [6, 6.07) is 7.89. The zero-order chi connectivity index (χ0) is 19.6. The summed E-state index contributed by atoms with van der Waals surface area (Å²) >= 11 is 0. The Bertz CT molecular complexity index is 556. The molecule has 2 atom stereocenters. The van der Waals surface area contributed by atoms with E-state index in [0.717, 1.165) is 24.3 Å². The molecule has 0 aromatic heterocycles. The molecule has 0 spiro atoms. The summed E-state index contributed by atoms with van der Waals surface area (Å²) in [6.07, 6.45) is 6.56. The summed E-state index contributed by atoms with van der Waals surface area (Å²) in [5.74, 6) is 0.859. The van der Waals surface area contributed by atoms with Crippen LogP contribution in [0, 0.1) is 0 Å². The predicted molar refractivity (Wildman–Crippen MR) is 104 cm³/mol. The van der Waals surface area contributed by atoms with Gasteiger partial charge < -0.3 is 20.3 Å². The van der Waals surface area contributed by atoms with Crippen molar-refractivity contribution in [2.45, 2.75) is 77.4 Å². The van der Waals surface area contributed by atoms with Crippen molar-refractivity contribution in [1.82, 2.24) is 0 Å². The van der Waals surface area contributed by atoms with Crippen molar-refractivity contribution < 1.29 is 23.6 Å². The average Bonchev–Trinajstić information content (AvgIpc) is 2.56. The summed E-state index contributed by atoms with van der Waals surface area (Å²) in [4.78, 5) is 17.8. The second-order valence-corrected chi connectivity index (χ2v) is 8.34. The molecule has 0 bridgehead atoms. The Morgan fingerprint density at radius 3 is 2.35 bits per heavy atom. The van der Waals surface area contributed by atoms with Crippen LogP contribution in [-0.2, 0) is 15.5 Å². The maximum absolute atomic E-state index is 11.0. The maximum Gasteiger partial charge on any atom is 0.469 e. The Hall–Kier alpha value is -0.910. The van der Waals surface area contributed by atoms with E-state index in [2.05, 4.69) is 6.92 Å². The van der Waals surface area contributed by atoms with E-state index in [4.69, 9.17) is 24.8 Å². The van der Waals surface area contributed by atoms with E-state index in [9.17, 15) is 4.57 Å². The Balaban J connectivity index is 2.38. The molecule has 7 heteroatoms. The number of rotatable bonds is 13. The first-order valence-electron chi connectivity index (χ1n) is 9.38. The van der Waals surface area contributed by atoms with Crippen molar-refractivity contribution in [3.8, 4) is 5.75 Å². The van der Waals surface area contributed by atoms with Gasteiger partial charge in [-0.2, -0.15) is 0 Å². The van der Waals surface area contributed by atoms with Crippen LogP contribution in [0.5, 0.6) is 5.75 Å². The Kier molecular flexibility index (Phi) is 9.83. The van der Waals surface area contributed by atoms with Crippen LogP contribution >= 0.6 is 7.82 Å². The minimum absolute atomic E-state index is 0.547. The molecule has 4 N–H and O–H groups in total. The molecule has 1 aromatic rings. The molecule has 0 aliphatic rings. The van der Waals surface area contributed by atoms with Crippen molar-refractivity contribution in [2.75, 3.05) is 6.61 Å². The van der Waals surface area contributed by atoms with Crippen LogP contribution in [0.4, 0.5) is 0 Å². The van der Waals surface area contributed by atoms with Crippen LogP contribution in [0.2, 0.25) is 0 Å². The molecular formula is C19H34NO5P. The van der Waals surface area contributed by atoms with Gasteiger partial charge in [-0.15, -0.1) is 0 Å². The quantitative estimate of drug-likeness (QED) is 0.347. The number of nitrogens with two attached hydrogens (primary N) is 1. The molecule has 0 heterocycles. The lowest BCUT2D eigenvalue weighted by Gasteiger charge is -2.31. The maximum atomic E-state index is 11.0. The van der Waals surface area contributed by atoms with Gasteiger partial charge in [-0.25, -0.2) is 4.57 Å². The van der Waals surface area contributed by atoms with Gasteiger partial charge in [0.2, 0.25) is 0 Å². The van der Waals surface area contributed by atoms with Gasteiger partial charge in [0, 0.05) is 5.54 Å². The van der Waals surface area contributed by atoms with E-state index in [1.54, 1.807) is 13.8 Å². The van der Waals surface area contributed by atoms with Crippen LogP contribution in [0.3, 0.4) is 0 Å². The fourth-order valence-electron chi connectivity index (χ4n) is 2.59. The molecule has 0 saturated heterocycles. The number of aryl methyl sites for hydroxylation is 1. The lowest BCUT2D eigenvalue weighted by molar-refractivity contribution is 0.0867. The number of phosphoric ester groups is 1. The zero-order valence-corrected chi connectivity index (χ0v) is 17.1. The highest BCUT2D eigenvalue weighted by Crippen LogP contribution is 2.40. The number of hydrogen-bond acceptors (Lipinski definition) is 4. The summed E-state index contributed by atoms with van der Waals surface area (Å²) < 4.78 is 21.4. The summed E-state index contributed by atoms with van der Waals surface area (Å²) in [6.45, 7) is 6.26. The lowest BCUT2D eigenvalue weighted by Crippen LogP contribution is -2.47. The first kappa shape index (κ1) is 23.1. The number of unbranched alkanes of at least 4 members (excludes halogenated alkanes) is 4.